The molecule has 1 rings (SSSR count). The second-order valence-corrected chi connectivity index (χ2v) is 6.14. The third kappa shape index (κ3) is 4.50. The average molecular weight is 283 g/mol. The van der Waals surface area contributed by atoms with Crippen LogP contribution in [0.5, 0.6) is 0 Å². The molecule has 1 fully saturated rings. The van der Waals surface area contributed by atoms with Crippen LogP contribution < -0.4 is 5.32 Å². The molecule has 1 saturated carbocycles. The maximum atomic E-state index is 12.0. The molecule has 0 aromatic carbocycles. The Hall–Kier alpha value is -1.06. The molecule has 0 spiro atoms. The Morgan fingerprint density at radius 2 is 1.90 bits per heavy atom. The maximum Gasteiger partial charge on any atom is 0.329 e. The Labute approximate surface area is 122 Å². The van der Waals surface area contributed by atoms with E-state index < -0.39 is 11.5 Å². The van der Waals surface area contributed by atoms with Crippen molar-refractivity contribution in [2.24, 2.45) is 5.92 Å². The normalized spacial score (nSPS) is 26.2. The quantitative estimate of drug-likeness (QED) is 0.670. The van der Waals surface area contributed by atoms with Gasteiger partial charge in [0.15, 0.2) is 0 Å². The molecule has 1 amide bonds. The van der Waals surface area contributed by atoms with Gasteiger partial charge < -0.3 is 10.4 Å². The summed E-state index contributed by atoms with van der Waals surface area (Å²) >= 11 is 0. The van der Waals surface area contributed by atoms with Gasteiger partial charge in [-0.05, 0) is 25.2 Å². The molecular weight excluding hydrogens is 254 g/mol. The largest absolute Gasteiger partial charge is 0.479 e. The third-order valence-electron chi connectivity index (χ3n) is 4.55. The van der Waals surface area contributed by atoms with Crippen LogP contribution in [0.2, 0.25) is 0 Å². The highest BCUT2D eigenvalue weighted by molar-refractivity contribution is 5.87. The van der Waals surface area contributed by atoms with E-state index in [-0.39, 0.29) is 11.8 Å². The number of carboxylic acids is 1. The van der Waals surface area contributed by atoms with Crippen molar-refractivity contribution in [2.75, 3.05) is 0 Å². The molecule has 2 atom stereocenters. The number of hydrogen-bond donors (Lipinski definition) is 2. The van der Waals surface area contributed by atoms with Crippen molar-refractivity contribution in [2.45, 2.75) is 83.6 Å². The molecule has 1 aliphatic rings. The number of aliphatic carboxylic acids is 1. The number of amides is 1. The van der Waals surface area contributed by atoms with E-state index in [1.54, 1.807) is 0 Å². The smallest absolute Gasteiger partial charge is 0.329 e. The van der Waals surface area contributed by atoms with Crippen LogP contribution in [0.15, 0.2) is 0 Å². The van der Waals surface area contributed by atoms with Crippen molar-refractivity contribution >= 4 is 11.9 Å². The minimum atomic E-state index is -1.03. The van der Waals surface area contributed by atoms with E-state index in [1.165, 1.54) is 12.8 Å². The highest BCUT2D eigenvalue weighted by atomic mass is 16.4. The molecule has 0 aromatic heterocycles. The van der Waals surface area contributed by atoms with Gasteiger partial charge in [0, 0.05) is 6.42 Å². The van der Waals surface area contributed by atoms with Gasteiger partial charge in [-0.3, -0.25) is 4.79 Å². The van der Waals surface area contributed by atoms with E-state index >= 15 is 0 Å². The van der Waals surface area contributed by atoms with E-state index in [0.29, 0.717) is 12.8 Å². The molecule has 0 saturated heterocycles. The minimum absolute atomic E-state index is 0.0118. The molecular formula is C16H29NO3. The van der Waals surface area contributed by atoms with Crippen molar-refractivity contribution in [1.29, 1.82) is 0 Å². The second-order valence-electron chi connectivity index (χ2n) is 6.14. The lowest BCUT2D eigenvalue weighted by atomic mass is 9.73. The summed E-state index contributed by atoms with van der Waals surface area (Å²) in [6.07, 6.45) is 9.29. The zero-order valence-corrected chi connectivity index (χ0v) is 12.9. The Kier molecular flexibility index (Phi) is 7.03. The molecule has 0 aliphatic heterocycles. The molecule has 116 valence electrons. The molecule has 0 heterocycles. The third-order valence-corrected chi connectivity index (χ3v) is 4.55. The molecule has 2 N–H and O–H groups in total. The zero-order chi connectivity index (χ0) is 15.0. The molecule has 0 bridgehead atoms. The van der Waals surface area contributed by atoms with Gasteiger partial charge in [0.05, 0.1) is 0 Å². The first kappa shape index (κ1) is 17.0. The fourth-order valence-corrected chi connectivity index (χ4v) is 3.10. The Morgan fingerprint density at radius 1 is 1.20 bits per heavy atom. The zero-order valence-electron chi connectivity index (χ0n) is 12.9. The van der Waals surface area contributed by atoms with Gasteiger partial charge >= 0.3 is 5.97 Å². The fraction of sp³-hybridized carbons (Fsp3) is 0.875. The monoisotopic (exact) mass is 283 g/mol. The van der Waals surface area contributed by atoms with Gasteiger partial charge in [0.25, 0.3) is 0 Å². The molecule has 1 aliphatic carbocycles. The summed E-state index contributed by atoms with van der Waals surface area (Å²) < 4.78 is 0. The van der Waals surface area contributed by atoms with Crippen LogP contribution in [0.25, 0.3) is 0 Å². The van der Waals surface area contributed by atoms with Crippen LogP contribution in [0.3, 0.4) is 0 Å². The van der Waals surface area contributed by atoms with Gasteiger partial charge in [-0.25, -0.2) is 4.79 Å². The number of carbonyl (C=O) groups is 2. The van der Waals surface area contributed by atoms with Gasteiger partial charge in [0.2, 0.25) is 5.91 Å². The van der Waals surface area contributed by atoms with Crippen molar-refractivity contribution in [3.63, 3.8) is 0 Å². The number of hydrogen-bond acceptors (Lipinski definition) is 2. The van der Waals surface area contributed by atoms with E-state index in [1.807, 2.05) is 6.92 Å². The first-order valence-corrected chi connectivity index (χ1v) is 8.07. The van der Waals surface area contributed by atoms with Crippen LogP contribution in [0.1, 0.15) is 78.1 Å². The van der Waals surface area contributed by atoms with E-state index in [2.05, 4.69) is 12.2 Å². The van der Waals surface area contributed by atoms with Crippen molar-refractivity contribution < 1.29 is 14.7 Å². The molecule has 0 radical (unpaired) electrons. The molecule has 2 unspecified atom stereocenters. The van der Waals surface area contributed by atoms with E-state index in [4.69, 9.17) is 0 Å². The summed E-state index contributed by atoms with van der Waals surface area (Å²) in [6.45, 7) is 4.10. The van der Waals surface area contributed by atoms with Crippen LogP contribution >= 0.6 is 0 Å². The summed E-state index contributed by atoms with van der Waals surface area (Å²) in [5, 5.41) is 12.4. The lowest BCUT2D eigenvalue weighted by Crippen LogP contribution is -2.59. The van der Waals surface area contributed by atoms with Gasteiger partial charge in [-0.1, -0.05) is 52.4 Å². The summed E-state index contributed by atoms with van der Waals surface area (Å²) in [5.74, 6) is -0.959. The van der Waals surface area contributed by atoms with E-state index in [9.17, 15) is 14.7 Å². The minimum Gasteiger partial charge on any atom is -0.479 e. The molecule has 20 heavy (non-hydrogen) atoms. The highest BCUT2D eigenvalue weighted by Gasteiger charge is 2.46. The van der Waals surface area contributed by atoms with Gasteiger partial charge in [-0.15, -0.1) is 0 Å². The summed E-state index contributed by atoms with van der Waals surface area (Å²) in [5.41, 5.74) is -1.03. The van der Waals surface area contributed by atoms with Crippen molar-refractivity contribution in [3.05, 3.63) is 0 Å². The van der Waals surface area contributed by atoms with E-state index in [0.717, 1.165) is 38.5 Å². The Bertz CT molecular complexity index is 330. The summed E-state index contributed by atoms with van der Waals surface area (Å²) in [6, 6.07) is 0. The topological polar surface area (TPSA) is 66.4 Å². The highest BCUT2D eigenvalue weighted by Crippen LogP contribution is 2.34. The summed E-state index contributed by atoms with van der Waals surface area (Å²) in [4.78, 5) is 23.6. The molecule has 4 heteroatoms. The second kappa shape index (κ2) is 8.28. The standard InChI is InChI=1S/C16H29NO3/c1-3-4-5-6-7-11-14(18)17-16(15(19)20)12-9-8-10-13(16)2/h13H,3-12H2,1-2H3,(H,17,18)(H,19,20). The lowest BCUT2D eigenvalue weighted by Gasteiger charge is -2.39. The van der Waals surface area contributed by atoms with Gasteiger partial charge in [0.1, 0.15) is 5.54 Å². The predicted octanol–water partition coefficient (Wildman–Crippen LogP) is 3.50. The van der Waals surface area contributed by atoms with Crippen LogP contribution in [0, 0.1) is 5.92 Å². The van der Waals surface area contributed by atoms with Crippen LogP contribution in [-0.2, 0) is 9.59 Å². The molecule has 4 nitrogen and oxygen atoms in total. The fourth-order valence-electron chi connectivity index (χ4n) is 3.10. The van der Waals surface area contributed by atoms with Crippen LogP contribution in [-0.4, -0.2) is 22.5 Å². The number of carbonyl (C=O) groups excluding carboxylic acids is 1. The van der Waals surface area contributed by atoms with Crippen molar-refractivity contribution in [3.8, 4) is 0 Å². The number of unbranched alkanes of at least 4 members (excludes halogenated alkanes) is 4. The first-order valence-electron chi connectivity index (χ1n) is 8.07. The first-order chi connectivity index (χ1) is 9.53. The predicted molar refractivity (Wildman–Crippen MR) is 79.5 cm³/mol. The lowest BCUT2D eigenvalue weighted by molar-refractivity contribution is -0.152. The molecule has 0 aromatic rings. The SMILES string of the molecule is CCCCCCCC(=O)NC1(C(=O)O)CCCCC1C. The number of nitrogens with one attached hydrogen (secondary N) is 1. The maximum absolute atomic E-state index is 12.0. The Morgan fingerprint density at radius 3 is 2.50 bits per heavy atom. The average Bonchev–Trinajstić information content (AvgIpc) is 2.41. The number of carboxylic acid groups (broad SMARTS) is 1. The van der Waals surface area contributed by atoms with Crippen LogP contribution in [0.4, 0.5) is 0 Å². The summed E-state index contributed by atoms with van der Waals surface area (Å²) in [7, 11) is 0. The van der Waals surface area contributed by atoms with Crippen molar-refractivity contribution in [1.82, 2.24) is 5.32 Å². The number of rotatable bonds is 8. The Balaban J connectivity index is 2.45. The van der Waals surface area contributed by atoms with Gasteiger partial charge in [-0.2, -0.15) is 0 Å².